The molecule has 0 unspecified atom stereocenters. The number of piperazine rings is 1. The Morgan fingerprint density at radius 3 is 2.19 bits per heavy atom. The minimum Gasteiger partial charge on any atom is -0.493 e. The van der Waals surface area contributed by atoms with E-state index in [-0.39, 0.29) is 24.3 Å². The van der Waals surface area contributed by atoms with Gasteiger partial charge in [0.2, 0.25) is 5.91 Å². The van der Waals surface area contributed by atoms with Crippen molar-refractivity contribution in [2.24, 2.45) is 0 Å². The van der Waals surface area contributed by atoms with Crippen LogP contribution in [0.15, 0.2) is 97.1 Å². The number of nitrogens with one attached hydrogen (secondary N) is 1. The molecule has 0 aromatic heterocycles. The van der Waals surface area contributed by atoms with Crippen molar-refractivity contribution >= 4 is 18.1 Å². The molecular weight excluding hydrogens is 542 g/mol. The molecule has 43 heavy (non-hydrogen) atoms. The van der Waals surface area contributed by atoms with E-state index < -0.39 is 6.16 Å². The summed E-state index contributed by atoms with van der Waals surface area (Å²) in [6.45, 7) is 7.54. The molecule has 1 heterocycles. The summed E-state index contributed by atoms with van der Waals surface area (Å²) < 4.78 is 15.2. The van der Waals surface area contributed by atoms with Crippen LogP contribution in [0.4, 0.5) is 4.79 Å². The van der Waals surface area contributed by atoms with Crippen LogP contribution in [0.1, 0.15) is 36.1 Å². The van der Waals surface area contributed by atoms with Crippen molar-refractivity contribution in [3.05, 3.63) is 114 Å². The lowest BCUT2D eigenvalue weighted by Crippen LogP contribution is -2.48. The molecule has 1 saturated heterocycles. The quantitative estimate of drug-likeness (QED) is 0.0907. The number of hydrogen-bond acceptors (Lipinski definition) is 7. The highest BCUT2D eigenvalue weighted by atomic mass is 16.7. The van der Waals surface area contributed by atoms with Gasteiger partial charge in [0.15, 0.2) is 11.5 Å². The Morgan fingerprint density at radius 1 is 0.884 bits per heavy atom. The summed E-state index contributed by atoms with van der Waals surface area (Å²) in [4.78, 5) is 28.9. The predicted molar refractivity (Wildman–Crippen MR) is 169 cm³/mol. The number of carbonyl (C=O) groups excluding carboxylic acids is 2. The molecular formula is C35H41N3O5. The molecule has 3 aromatic rings. The number of carbonyl (C=O) groups is 2. The molecule has 3 aromatic carbocycles. The van der Waals surface area contributed by atoms with Gasteiger partial charge in [0.1, 0.15) is 0 Å². The second-order valence-corrected chi connectivity index (χ2v) is 10.2. The van der Waals surface area contributed by atoms with Gasteiger partial charge in [-0.15, -0.1) is 0 Å². The van der Waals surface area contributed by atoms with Crippen LogP contribution in [-0.2, 0) is 9.53 Å². The topological polar surface area (TPSA) is 80.3 Å². The van der Waals surface area contributed by atoms with Crippen molar-refractivity contribution in [1.82, 2.24) is 15.1 Å². The number of hydrogen-bond donors (Lipinski definition) is 1. The first-order chi connectivity index (χ1) is 21.1. The maximum Gasteiger partial charge on any atom is 0.513 e. The van der Waals surface area contributed by atoms with Crippen LogP contribution in [0.5, 0.6) is 11.5 Å². The number of ether oxygens (including phenoxy) is 3. The molecule has 8 heteroatoms. The Bertz CT molecular complexity index is 1310. The molecule has 8 nitrogen and oxygen atoms in total. The van der Waals surface area contributed by atoms with Gasteiger partial charge in [-0.05, 0) is 48.7 Å². The highest BCUT2D eigenvalue weighted by Crippen LogP contribution is 2.30. The van der Waals surface area contributed by atoms with E-state index in [0.717, 1.165) is 44.7 Å². The number of nitrogens with zero attached hydrogens (tertiary/aromatic N) is 2. The van der Waals surface area contributed by atoms with Crippen molar-refractivity contribution < 1.29 is 23.8 Å². The average molecular weight is 584 g/mol. The van der Waals surface area contributed by atoms with Crippen molar-refractivity contribution in [2.75, 3.05) is 53.0 Å². The molecule has 226 valence electrons. The van der Waals surface area contributed by atoms with E-state index in [1.54, 1.807) is 37.3 Å². The molecule has 1 N–H and O–H groups in total. The van der Waals surface area contributed by atoms with E-state index in [4.69, 9.17) is 14.2 Å². The summed E-state index contributed by atoms with van der Waals surface area (Å²) >= 11 is 0. The molecule has 0 spiro atoms. The van der Waals surface area contributed by atoms with Crippen LogP contribution in [0, 0.1) is 0 Å². The van der Waals surface area contributed by atoms with Crippen LogP contribution in [0.25, 0.3) is 6.08 Å². The minimum atomic E-state index is -0.781. The minimum absolute atomic E-state index is 0.126. The summed E-state index contributed by atoms with van der Waals surface area (Å²) in [5.74, 6) is 0.558. The van der Waals surface area contributed by atoms with E-state index >= 15 is 0 Å². The number of rotatable bonds is 13. The maximum atomic E-state index is 12.3. The molecule has 0 atom stereocenters. The monoisotopic (exact) mass is 583 g/mol. The van der Waals surface area contributed by atoms with Crippen LogP contribution in [0.2, 0.25) is 0 Å². The zero-order valence-electron chi connectivity index (χ0n) is 25.0. The lowest BCUT2D eigenvalue weighted by Gasteiger charge is -2.39. The molecule has 1 aliphatic rings. The van der Waals surface area contributed by atoms with Crippen LogP contribution in [0.3, 0.4) is 0 Å². The van der Waals surface area contributed by atoms with E-state index in [9.17, 15) is 9.59 Å². The van der Waals surface area contributed by atoms with Gasteiger partial charge in [-0.1, -0.05) is 85.0 Å². The summed E-state index contributed by atoms with van der Waals surface area (Å²) in [7, 11) is 1.50. The highest BCUT2D eigenvalue weighted by molar-refractivity contribution is 5.87. The molecule has 1 fully saturated rings. The van der Waals surface area contributed by atoms with Crippen molar-refractivity contribution in [1.29, 1.82) is 0 Å². The average Bonchev–Trinajstić information content (AvgIpc) is 3.04. The standard InChI is InChI=1S/C35H41N3O5/c1-3-42-35(40)43-31-20-19-28(27-32(31)41-2)13-10-11-18-33(39)36-21-12-22-37-23-25-38(26-24-37)34(29-14-6-4-7-15-29)30-16-8-5-9-17-30/h4-11,13-20,27,34H,3,12,21-26H2,1-2H3,(H,36,39). The highest BCUT2D eigenvalue weighted by Gasteiger charge is 2.26. The third kappa shape index (κ3) is 9.84. The number of benzene rings is 3. The Kier molecular flexibility index (Phi) is 12.4. The van der Waals surface area contributed by atoms with Crippen molar-refractivity contribution in [2.45, 2.75) is 19.4 Å². The normalized spacial score (nSPS) is 14.3. The molecule has 0 aliphatic carbocycles. The number of methoxy groups -OCH3 is 1. The molecule has 1 aliphatic heterocycles. The first-order valence-electron chi connectivity index (χ1n) is 14.8. The molecule has 1 amide bonds. The van der Waals surface area contributed by atoms with E-state index in [1.807, 2.05) is 6.08 Å². The second-order valence-electron chi connectivity index (χ2n) is 10.2. The first-order valence-corrected chi connectivity index (χ1v) is 14.8. The summed E-state index contributed by atoms with van der Waals surface area (Å²) in [5, 5.41) is 2.97. The van der Waals surface area contributed by atoms with Gasteiger partial charge >= 0.3 is 6.16 Å². The summed E-state index contributed by atoms with van der Waals surface area (Å²) in [6, 6.07) is 26.9. The first kappa shape index (κ1) is 31.5. The molecule has 4 rings (SSSR count). The summed E-state index contributed by atoms with van der Waals surface area (Å²) in [5.41, 5.74) is 3.48. The molecule has 0 bridgehead atoms. The SMILES string of the molecule is CCOC(=O)Oc1ccc(C=CC=CC(=O)NCCCN2CCN(C(c3ccccc3)c3ccccc3)CC2)cc1OC. The fourth-order valence-electron chi connectivity index (χ4n) is 5.12. The van der Waals surface area contributed by atoms with Gasteiger partial charge in [-0.3, -0.25) is 9.69 Å². The van der Waals surface area contributed by atoms with Gasteiger partial charge in [-0.2, -0.15) is 0 Å². The fraction of sp³-hybridized carbons (Fsp3) is 0.314. The second kappa shape index (κ2) is 16.9. The van der Waals surface area contributed by atoms with Crippen molar-refractivity contribution in [3.8, 4) is 11.5 Å². The Hall–Kier alpha value is -4.40. The maximum absolute atomic E-state index is 12.3. The van der Waals surface area contributed by atoms with Gasteiger partial charge in [0, 0.05) is 38.8 Å². The number of amides is 1. The van der Waals surface area contributed by atoms with E-state index in [1.165, 1.54) is 24.3 Å². The van der Waals surface area contributed by atoms with Gasteiger partial charge < -0.3 is 24.4 Å². The van der Waals surface area contributed by atoms with Gasteiger partial charge in [0.05, 0.1) is 19.8 Å². The van der Waals surface area contributed by atoms with Crippen LogP contribution < -0.4 is 14.8 Å². The fourth-order valence-corrected chi connectivity index (χ4v) is 5.12. The molecule has 0 radical (unpaired) electrons. The van der Waals surface area contributed by atoms with E-state index in [2.05, 4.69) is 75.8 Å². The van der Waals surface area contributed by atoms with Crippen LogP contribution >= 0.6 is 0 Å². The van der Waals surface area contributed by atoms with E-state index in [0.29, 0.717) is 12.3 Å². The Morgan fingerprint density at radius 2 is 1.56 bits per heavy atom. The number of allylic oxidation sites excluding steroid dienone is 2. The Balaban J connectivity index is 1.17. The largest absolute Gasteiger partial charge is 0.513 e. The Labute approximate surface area is 254 Å². The van der Waals surface area contributed by atoms with Gasteiger partial charge in [-0.25, -0.2) is 4.79 Å². The zero-order chi connectivity index (χ0) is 30.3. The molecule has 0 saturated carbocycles. The van der Waals surface area contributed by atoms with Crippen molar-refractivity contribution in [3.63, 3.8) is 0 Å². The third-order valence-corrected chi connectivity index (χ3v) is 7.24. The van der Waals surface area contributed by atoms with Gasteiger partial charge in [0.25, 0.3) is 0 Å². The van der Waals surface area contributed by atoms with Crippen LogP contribution in [-0.4, -0.2) is 74.8 Å². The zero-order valence-corrected chi connectivity index (χ0v) is 25.0. The third-order valence-electron chi connectivity index (χ3n) is 7.24. The lowest BCUT2D eigenvalue weighted by atomic mass is 9.96. The predicted octanol–water partition coefficient (Wildman–Crippen LogP) is 5.71. The smallest absolute Gasteiger partial charge is 0.493 e. The lowest BCUT2D eigenvalue weighted by molar-refractivity contribution is -0.116. The summed E-state index contributed by atoms with van der Waals surface area (Å²) in [6.07, 6.45) is 6.93.